The molecule has 2 saturated heterocycles. The summed E-state index contributed by atoms with van der Waals surface area (Å²) in [6, 6.07) is -0.631. The minimum absolute atomic E-state index is 0.258. The van der Waals surface area contributed by atoms with E-state index in [1.165, 1.54) is 19.8 Å². The van der Waals surface area contributed by atoms with Crippen molar-refractivity contribution in [3.05, 3.63) is 0 Å². The summed E-state index contributed by atoms with van der Waals surface area (Å²) < 4.78 is 0. The van der Waals surface area contributed by atoms with Gasteiger partial charge >= 0.3 is 12.0 Å². The first-order chi connectivity index (χ1) is 8.58. The van der Waals surface area contributed by atoms with Gasteiger partial charge in [-0.2, -0.15) is 0 Å². The molecule has 0 aromatic carbocycles. The van der Waals surface area contributed by atoms with Crippen LogP contribution in [0, 0.1) is 0 Å². The maximum Gasteiger partial charge on any atom is 0.325 e. The number of nitrogens with zero attached hydrogens (tertiary/aromatic N) is 2. The normalized spacial score (nSPS) is 26.3. The summed E-state index contributed by atoms with van der Waals surface area (Å²) in [5.74, 6) is -1.00. The van der Waals surface area contributed by atoms with Gasteiger partial charge in [-0.25, -0.2) is 4.79 Å². The molecule has 2 rings (SSSR count). The SMILES string of the molecule is CC(NC(=O)N1CCC(N2CCCC2)C1)C(=O)O. The van der Waals surface area contributed by atoms with Crippen molar-refractivity contribution in [3.63, 3.8) is 0 Å². The molecular formula is C12H21N3O3. The fourth-order valence-electron chi connectivity index (χ4n) is 2.67. The number of carbonyl (C=O) groups excluding carboxylic acids is 1. The number of amides is 2. The quantitative estimate of drug-likeness (QED) is 0.762. The molecule has 2 heterocycles. The van der Waals surface area contributed by atoms with E-state index in [4.69, 9.17) is 5.11 Å². The van der Waals surface area contributed by atoms with Crippen molar-refractivity contribution >= 4 is 12.0 Å². The van der Waals surface area contributed by atoms with Crippen molar-refractivity contribution in [2.45, 2.75) is 38.3 Å². The van der Waals surface area contributed by atoms with Gasteiger partial charge in [-0.3, -0.25) is 9.69 Å². The Morgan fingerprint density at radius 3 is 2.56 bits per heavy atom. The van der Waals surface area contributed by atoms with Crippen LogP contribution in [0.3, 0.4) is 0 Å². The van der Waals surface area contributed by atoms with Crippen LogP contribution >= 0.6 is 0 Å². The molecule has 2 aliphatic rings. The molecule has 0 saturated carbocycles. The number of hydrogen-bond donors (Lipinski definition) is 2. The van der Waals surface area contributed by atoms with Crippen LogP contribution < -0.4 is 5.32 Å². The lowest BCUT2D eigenvalue weighted by Gasteiger charge is -2.24. The molecule has 0 aromatic heterocycles. The van der Waals surface area contributed by atoms with Gasteiger partial charge in [0.25, 0.3) is 0 Å². The van der Waals surface area contributed by atoms with E-state index in [0.717, 1.165) is 32.6 Å². The molecule has 2 aliphatic heterocycles. The van der Waals surface area contributed by atoms with Gasteiger partial charge in [0.05, 0.1) is 0 Å². The Balaban J connectivity index is 1.80. The van der Waals surface area contributed by atoms with Crippen LogP contribution in [0.15, 0.2) is 0 Å². The summed E-state index contributed by atoms with van der Waals surface area (Å²) in [6.45, 7) is 5.18. The van der Waals surface area contributed by atoms with E-state index < -0.39 is 12.0 Å². The highest BCUT2D eigenvalue weighted by molar-refractivity contribution is 5.82. The topological polar surface area (TPSA) is 72.9 Å². The first kappa shape index (κ1) is 13.1. The Bertz CT molecular complexity index is 329. The second kappa shape index (κ2) is 5.56. The lowest BCUT2D eigenvalue weighted by Crippen LogP contribution is -2.46. The van der Waals surface area contributed by atoms with E-state index in [2.05, 4.69) is 10.2 Å². The first-order valence-electron chi connectivity index (χ1n) is 6.60. The Kier molecular flexibility index (Phi) is 4.06. The smallest absolute Gasteiger partial charge is 0.325 e. The van der Waals surface area contributed by atoms with Crippen molar-refractivity contribution in [3.8, 4) is 0 Å². The Morgan fingerprint density at radius 1 is 1.28 bits per heavy atom. The Hall–Kier alpha value is -1.30. The van der Waals surface area contributed by atoms with E-state index in [1.54, 1.807) is 4.90 Å². The summed E-state index contributed by atoms with van der Waals surface area (Å²) in [5.41, 5.74) is 0. The van der Waals surface area contributed by atoms with Crippen LogP contribution in [0.2, 0.25) is 0 Å². The predicted octanol–water partition coefficient (Wildman–Crippen LogP) is 0.339. The van der Waals surface area contributed by atoms with Crippen molar-refractivity contribution in [1.82, 2.24) is 15.1 Å². The molecule has 2 fully saturated rings. The summed E-state index contributed by atoms with van der Waals surface area (Å²) in [6.07, 6.45) is 3.49. The van der Waals surface area contributed by atoms with Crippen LogP contribution in [0.4, 0.5) is 4.79 Å². The number of urea groups is 1. The average Bonchev–Trinajstić information content (AvgIpc) is 2.99. The van der Waals surface area contributed by atoms with E-state index in [-0.39, 0.29) is 6.03 Å². The van der Waals surface area contributed by atoms with E-state index in [0.29, 0.717) is 6.04 Å². The zero-order chi connectivity index (χ0) is 13.1. The standard InChI is InChI=1S/C12H21N3O3/c1-9(11(16)17)13-12(18)15-7-4-10(8-15)14-5-2-3-6-14/h9-10H,2-8H2,1H3,(H,13,18)(H,16,17). The second-order valence-electron chi connectivity index (χ2n) is 5.14. The highest BCUT2D eigenvalue weighted by atomic mass is 16.4. The Morgan fingerprint density at radius 2 is 1.94 bits per heavy atom. The van der Waals surface area contributed by atoms with Gasteiger partial charge in [0, 0.05) is 19.1 Å². The minimum atomic E-state index is -1.00. The molecule has 2 N–H and O–H groups in total. The third-order valence-electron chi connectivity index (χ3n) is 3.82. The van der Waals surface area contributed by atoms with Gasteiger partial charge < -0.3 is 15.3 Å². The molecule has 0 spiro atoms. The first-order valence-corrected chi connectivity index (χ1v) is 6.60. The van der Waals surface area contributed by atoms with Gasteiger partial charge in [-0.05, 0) is 39.3 Å². The fraction of sp³-hybridized carbons (Fsp3) is 0.833. The van der Waals surface area contributed by atoms with Crippen LogP contribution in [-0.2, 0) is 4.79 Å². The number of carbonyl (C=O) groups is 2. The number of carboxylic acid groups (broad SMARTS) is 1. The lowest BCUT2D eigenvalue weighted by molar-refractivity contribution is -0.138. The molecule has 6 heteroatoms. The van der Waals surface area contributed by atoms with Crippen molar-refractivity contribution in [1.29, 1.82) is 0 Å². The van der Waals surface area contributed by atoms with Gasteiger partial charge in [-0.1, -0.05) is 0 Å². The van der Waals surface area contributed by atoms with Crippen LogP contribution in [0.5, 0.6) is 0 Å². The summed E-state index contributed by atoms with van der Waals surface area (Å²) in [7, 11) is 0. The number of hydrogen-bond acceptors (Lipinski definition) is 3. The van der Waals surface area contributed by atoms with Gasteiger partial charge in [-0.15, -0.1) is 0 Å². The van der Waals surface area contributed by atoms with Crippen LogP contribution in [-0.4, -0.2) is 65.2 Å². The molecule has 0 aromatic rings. The van der Waals surface area contributed by atoms with Crippen LogP contribution in [0.25, 0.3) is 0 Å². The van der Waals surface area contributed by atoms with E-state index in [9.17, 15) is 9.59 Å². The molecule has 102 valence electrons. The number of carboxylic acids is 1. The van der Waals surface area contributed by atoms with Crippen molar-refractivity contribution in [2.24, 2.45) is 0 Å². The summed E-state index contributed by atoms with van der Waals surface area (Å²) in [4.78, 5) is 26.7. The predicted molar refractivity (Wildman–Crippen MR) is 66.4 cm³/mol. The van der Waals surface area contributed by atoms with E-state index >= 15 is 0 Å². The third kappa shape index (κ3) is 2.93. The second-order valence-corrected chi connectivity index (χ2v) is 5.14. The zero-order valence-electron chi connectivity index (χ0n) is 10.8. The lowest BCUT2D eigenvalue weighted by atomic mass is 10.2. The summed E-state index contributed by atoms with van der Waals surface area (Å²) in [5, 5.41) is 11.3. The number of nitrogens with one attached hydrogen (secondary N) is 1. The molecule has 18 heavy (non-hydrogen) atoms. The monoisotopic (exact) mass is 255 g/mol. The molecule has 6 nitrogen and oxygen atoms in total. The number of aliphatic carboxylic acids is 1. The highest BCUT2D eigenvalue weighted by Gasteiger charge is 2.32. The molecule has 0 bridgehead atoms. The number of rotatable bonds is 3. The molecule has 2 atom stereocenters. The molecule has 0 radical (unpaired) electrons. The Labute approximate surface area is 107 Å². The molecule has 0 aliphatic carbocycles. The van der Waals surface area contributed by atoms with Gasteiger partial charge in [0.2, 0.25) is 0 Å². The highest BCUT2D eigenvalue weighted by Crippen LogP contribution is 2.20. The maximum atomic E-state index is 11.9. The average molecular weight is 255 g/mol. The molecular weight excluding hydrogens is 234 g/mol. The van der Waals surface area contributed by atoms with Gasteiger partial charge in [0.1, 0.15) is 6.04 Å². The van der Waals surface area contributed by atoms with E-state index in [1.807, 2.05) is 0 Å². The van der Waals surface area contributed by atoms with Gasteiger partial charge in [0.15, 0.2) is 0 Å². The van der Waals surface area contributed by atoms with Crippen LogP contribution in [0.1, 0.15) is 26.2 Å². The third-order valence-corrected chi connectivity index (χ3v) is 3.82. The minimum Gasteiger partial charge on any atom is -0.480 e. The van der Waals surface area contributed by atoms with Crippen molar-refractivity contribution in [2.75, 3.05) is 26.2 Å². The largest absolute Gasteiger partial charge is 0.480 e. The summed E-state index contributed by atoms with van der Waals surface area (Å²) >= 11 is 0. The fourth-order valence-corrected chi connectivity index (χ4v) is 2.67. The molecule has 2 unspecified atom stereocenters. The number of likely N-dealkylation sites (tertiary alicyclic amines) is 2. The zero-order valence-corrected chi connectivity index (χ0v) is 10.8. The molecule has 2 amide bonds. The van der Waals surface area contributed by atoms with Crippen molar-refractivity contribution < 1.29 is 14.7 Å². The maximum absolute atomic E-state index is 11.9.